The molecular formula is C12H23N3O. The highest BCUT2D eigenvalue weighted by atomic mass is 16.2. The van der Waals surface area contributed by atoms with E-state index in [2.05, 4.69) is 22.5 Å². The third-order valence-electron chi connectivity index (χ3n) is 3.29. The van der Waals surface area contributed by atoms with Gasteiger partial charge in [-0.25, -0.2) is 4.79 Å². The molecule has 0 aromatic heterocycles. The van der Waals surface area contributed by atoms with E-state index in [1.807, 2.05) is 0 Å². The Bertz CT molecular complexity index is 234. The lowest BCUT2D eigenvalue weighted by Crippen LogP contribution is -2.40. The Morgan fingerprint density at radius 3 is 2.69 bits per heavy atom. The summed E-state index contributed by atoms with van der Waals surface area (Å²) in [6.07, 6.45) is 4.97. The Kier molecular flexibility index (Phi) is 4.04. The molecular weight excluding hydrogens is 202 g/mol. The highest BCUT2D eigenvalue weighted by molar-refractivity contribution is 5.74. The first-order valence-corrected chi connectivity index (χ1v) is 6.51. The highest BCUT2D eigenvalue weighted by Crippen LogP contribution is 2.18. The molecule has 0 spiro atoms. The number of carbonyl (C=O) groups is 1. The summed E-state index contributed by atoms with van der Waals surface area (Å²) in [5.74, 6) is 0.544. The highest BCUT2D eigenvalue weighted by Gasteiger charge is 2.23. The van der Waals surface area contributed by atoms with Gasteiger partial charge < -0.3 is 15.5 Å². The van der Waals surface area contributed by atoms with Crippen LogP contribution in [0.15, 0.2) is 0 Å². The largest absolute Gasteiger partial charge is 0.338 e. The number of hydrogen-bond acceptors (Lipinski definition) is 2. The summed E-state index contributed by atoms with van der Waals surface area (Å²) in [5.41, 5.74) is 0. The molecule has 1 saturated carbocycles. The molecule has 2 rings (SSSR count). The second-order valence-electron chi connectivity index (χ2n) is 5.24. The monoisotopic (exact) mass is 225 g/mol. The van der Waals surface area contributed by atoms with Crippen molar-refractivity contribution in [2.24, 2.45) is 5.92 Å². The molecule has 1 saturated heterocycles. The second kappa shape index (κ2) is 5.53. The molecule has 0 aromatic rings. The van der Waals surface area contributed by atoms with Crippen molar-refractivity contribution in [3.8, 4) is 0 Å². The van der Waals surface area contributed by atoms with Gasteiger partial charge in [-0.3, -0.25) is 0 Å². The molecule has 2 N–H and O–H groups in total. The van der Waals surface area contributed by atoms with Gasteiger partial charge in [0.2, 0.25) is 0 Å². The Morgan fingerprint density at radius 2 is 2.06 bits per heavy atom. The van der Waals surface area contributed by atoms with Crippen LogP contribution < -0.4 is 10.6 Å². The molecule has 4 heteroatoms. The minimum absolute atomic E-state index is 0.00997. The van der Waals surface area contributed by atoms with Gasteiger partial charge in [0, 0.05) is 19.1 Å². The molecule has 0 radical (unpaired) electrons. The maximum absolute atomic E-state index is 11.4. The number of likely N-dealkylation sites (tertiary alicyclic amines) is 1. The van der Waals surface area contributed by atoms with Gasteiger partial charge in [-0.1, -0.05) is 6.92 Å². The maximum Gasteiger partial charge on any atom is 0.315 e. The van der Waals surface area contributed by atoms with Crippen LogP contribution in [0, 0.1) is 5.92 Å². The summed E-state index contributed by atoms with van der Waals surface area (Å²) in [7, 11) is 0. The lowest BCUT2D eigenvalue weighted by molar-refractivity contribution is 0.234. The van der Waals surface area contributed by atoms with Crippen molar-refractivity contribution in [3.63, 3.8) is 0 Å². The molecule has 16 heavy (non-hydrogen) atoms. The van der Waals surface area contributed by atoms with Crippen molar-refractivity contribution in [2.45, 2.75) is 38.6 Å². The van der Waals surface area contributed by atoms with E-state index in [0.29, 0.717) is 12.0 Å². The van der Waals surface area contributed by atoms with E-state index < -0.39 is 0 Å². The van der Waals surface area contributed by atoms with Crippen molar-refractivity contribution in [2.75, 3.05) is 26.2 Å². The third-order valence-corrected chi connectivity index (χ3v) is 3.29. The van der Waals surface area contributed by atoms with Gasteiger partial charge in [0.15, 0.2) is 0 Å². The van der Waals surface area contributed by atoms with E-state index in [0.717, 1.165) is 25.9 Å². The molecule has 1 unspecified atom stereocenters. The number of hydrogen-bond donors (Lipinski definition) is 2. The van der Waals surface area contributed by atoms with Crippen LogP contribution in [0.2, 0.25) is 0 Å². The minimum Gasteiger partial charge on any atom is -0.338 e. The summed E-state index contributed by atoms with van der Waals surface area (Å²) in [4.78, 5) is 13.9. The van der Waals surface area contributed by atoms with Gasteiger partial charge in [0.25, 0.3) is 0 Å². The van der Waals surface area contributed by atoms with Crippen LogP contribution in [-0.4, -0.2) is 43.2 Å². The summed E-state index contributed by atoms with van der Waals surface area (Å²) in [5, 5.41) is 5.89. The summed E-state index contributed by atoms with van der Waals surface area (Å²) < 4.78 is 0. The van der Waals surface area contributed by atoms with Crippen LogP contribution in [-0.2, 0) is 0 Å². The molecule has 4 nitrogen and oxygen atoms in total. The van der Waals surface area contributed by atoms with Crippen LogP contribution in [0.25, 0.3) is 0 Å². The summed E-state index contributed by atoms with van der Waals surface area (Å²) in [6.45, 7) is 6.58. The van der Waals surface area contributed by atoms with Crippen molar-refractivity contribution in [1.29, 1.82) is 0 Å². The third kappa shape index (κ3) is 4.00. The van der Waals surface area contributed by atoms with E-state index in [1.54, 1.807) is 0 Å². The zero-order valence-corrected chi connectivity index (χ0v) is 10.2. The number of nitrogens with zero attached hydrogens (tertiary/aromatic N) is 1. The quantitative estimate of drug-likeness (QED) is 0.738. The molecule has 0 aromatic carbocycles. The molecule has 1 aliphatic carbocycles. The molecule has 0 bridgehead atoms. The van der Waals surface area contributed by atoms with Gasteiger partial charge in [-0.05, 0) is 44.7 Å². The Morgan fingerprint density at radius 1 is 1.38 bits per heavy atom. The fourth-order valence-corrected chi connectivity index (χ4v) is 2.20. The summed E-state index contributed by atoms with van der Waals surface area (Å²) in [6, 6.07) is 0.463. The van der Waals surface area contributed by atoms with E-state index in [-0.39, 0.29) is 6.03 Å². The lowest BCUT2D eigenvalue weighted by Gasteiger charge is -2.20. The molecule has 92 valence electrons. The fraction of sp³-hybridized carbons (Fsp3) is 0.917. The van der Waals surface area contributed by atoms with E-state index >= 15 is 0 Å². The molecule has 2 amide bonds. The Hall–Kier alpha value is -0.770. The van der Waals surface area contributed by atoms with E-state index in [4.69, 9.17) is 0 Å². The van der Waals surface area contributed by atoms with Gasteiger partial charge in [0.05, 0.1) is 0 Å². The Labute approximate surface area is 97.8 Å². The van der Waals surface area contributed by atoms with Crippen LogP contribution in [0.5, 0.6) is 0 Å². The number of urea groups is 1. The number of amides is 2. The van der Waals surface area contributed by atoms with Crippen LogP contribution in [0.4, 0.5) is 4.79 Å². The van der Waals surface area contributed by atoms with Crippen molar-refractivity contribution >= 4 is 6.03 Å². The van der Waals surface area contributed by atoms with Crippen LogP contribution in [0.3, 0.4) is 0 Å². The number of carbonyl (C=O) groups excluding carboxylic acids is 1. The number of rotatable bonds is 5. The van der Waals surface area contributed by atoms with E-state index in [1.165, 1.54) is 25.9 Å². The minimum atomic E-state index is 0.00997. The first kappa shape index (κ1) is 11.7. The van der Waals surface area contributed by atoms with Crippen molar-refractivity contribution in [3.05, 3.63) is 0 Å². The second-order valence-corrected chi connectivity index (χ2v) is 5.24. The predicted molar refractivity (Wildman–Crippen MR) is 64.4 cm³/mol. The van der Waals surface area contributed by atoms with Gasteiger partial charge >= 0.3 is 6.03 Å². The average molecular weight is 225 g/mol. The lowest BCUT2D eigenvalue weighted by atomic mass is 10.1. The fourth-order valence-electron chi connectivity index (χ4n) is 2.20. The van der Waals surface area contributed by atoms with Gasteiger partial charge in [-0.15, -0.1) is 0 Å². The van der Waals surface area contributed by atoms with Gasteiger partial charge in [0.1, 0.15) is 0 Å². The van der Waals surface area contributed by atoms with Crippen molar-refractivity contribution < 1.29 is 4.79 Å². The smallest absolute Gasteiger partial charge is 0.315 e. The van der Waals surface area contributed by atoms with Crippen LogP contribution >= 0.6 is 0 Å². The Balaban J connectivity index is 1.55. The van der Waals surface area contributed by atoms with Gasteiger partial charge in [-0.2, -0.15) is 0 Å². The molecule has 1 atom stereocenters. The number of nitrogens with one attached hydrogen (secondary N) is 2. The van der Waals surface area contributed by atoms with Crippen molar-refractivity contribution in [1.82, 2.24) is 15.5 Å². The molecule has 2 fully saturated rings. The molecule has 1 aliphatic heterocycles. The maximum atomic E-state index is 11.4. The van der Waals surface area contributed by atoms with E-state index in [9.17, 15) is 4.79 Å². The standard InChI is InChI=1S/C12H23N3O/c1-10(9-15-6-2-3-7-15)8-13-12(16)14-11-4-5-11/h10-11H,2-9H2,1H3,(H2,13,14,16). The predicted octanol–water partition coefficient (Wildman–Crippen LogP) is 1.18. The van der Waals surface area contributed by atoms with Crippen LogP contribution in [0.1, 0.15) is 32.6 Å². The molecule has 1 heterocycles. The normalized spacial score (nSPS) is 23.1. The zero-order chi connectivity index (χ0) is 11.4. The average Bonchev–Trinajstić information content (AvgIpc) is 2.91. The molecule has 2 aliphatic rings. The summed E-state index contributed by atoms with van der Waals surface area (Å²) >= 11 is 0. The topological polar surface area (TPSA) is 44.4 Å². The first-order valence-electron chi connectivity index (χ1n) is 6.51. The zero-order valence-electron chi connectivity index (χ0n) is 10.2. The first-order chi connectivity index (χ1) is 7.74. The SMILES string of the molecule is CC(CNC(=O)NC1CC1)CN1CCCC1.